The third-order valence-electron chi connectivity index (χ3n) is 6.08. The van der Waals surface area contributed by atoms with Crippen LogP contribution in [0.5, 0.6) is 17.2 Å². The average Bonchev–Trinajstić information content (AvgIpc) is 2.81. The van der Waals surface area contributed by atoms with Gasteiger partial charge < -0.3 is 9.47 Å². The minimum absolute atomic E-state index is 0.430. The Morgan fingerprint density at radius 1 is 1.00 bits per heavy atom. The van der Waals surface area contributed by atoms with Gasteiger partial charge in [0.05, 0.1) is 0 Å². The largest absolute Gasteiger partial charge is 0.456 e. The fourth-order valence-corrected chi connectivity index (χ4v) is 4.53. The molecule has 1 aliphatic rings. The molecule has 0 bridgehead atoms. The van der Waals surface area contributed by atoms with Crippen molar-refractivity contribution in [2.75, 3.05) is 0 Å². The summed E-state index contributed by atoms with van der Waals surface area (Å²) in [7, 11) is 0. The number of hydrogen-bond acceptors (Lipinski definition) is 3. The molecule has 4 rings (SSSR count). The van der Waals surface area contributed by atoms with E-state index in [1.807, 2.05) is 54.6 Å². The highest BCUT2D eigenvalue weighted by Crippen LogP contribution is 2.47. The number of carbonyl (C=O) groups excluding carboxylic acids is 1. The second-order valence-electron chi connectivity index (χ2n) is 8.67. The van der Waals surface area contributed by atoms with Crippen LogP contribution in [0.15, 0.2) is 78.9 Å². The van der Waals surface area contributed by atoms with Gasteiger partial charge >= 0.3 is 5.97 Å². The summed E-state index contributed by atoms with van der Waals surface area (Å²) in [4.78, 5) is 12.2. The number of hydrogen-bond donors (Lipinski definition) is 0. The molecule has 0 amide bonds. The van der Waals surface area contributed by atoms with E-state index in [-0.39, 0.29) is 0 Å². The number of esters is 1. The van der Waals surface area contributed by atoms with Crippen LogP contribution in [0.2, 0.25) is 0 Å². The van der Waals surface area contributed by atoms with Gasteiger partial charge in [-0.1, -0.05) is 60.7 Å². The van der Waals surface area contributed by atoms with Gasteiger partial charge in [-0.05, 0) is 64.0 Å². The van der Waals surface area contributed by atoms with Crippen LogP contribution in [0.25, 0.3) is 10.8 Å². The summed E-state index contributed by atoms with van der Waals surface area (Å²) in [5, 5.41) is 1.86. The summed E-state index contributed by atoms with van der Waals surface area (Å²) < 4.78 is 12.3. The van der Waals surface area contributed by atoms with Crippen molar-refractivity contribution in [3.8, 4) is 17.2 Å². The molecule has 3 aromatic rings. The van der Waals surface area contributed by atoms with Gasteiger partial charge in [0, 0.05) is 28.0 Å². The Kier molecular flexibility index (Phi) is 6.75. The van der Waals surface area contributed by atoms with Gasteiger partial charge in [-0.2, -0.15) is 0 Å². The van der Waals surface area contributed by atoms with E-state index in [0.717, 1.165) is 65.5 Å². The maximum atomic E-state index is 12.2. The maximum absolute atomic E-state index is 12.2. The van der Waals surface area contributed by atoms with Crippen LogP contribution in [-0.2, 0) is 17.6 Å². The summed E-state index contributed by atoms with van der Waals surface area (Å²) in [5.74, 6) is 2.46. The summed E-state index contributed by atoms with van der Waals surface area (Å²) in [6.45, 7) is 7.87. The number of benzene rings is 3. The van der Waals surface area contributed by atoms with E-state index in [0.29, 0.717) is 11.7 Å². The zero-order valence-electron chi connectivity index (χ0n) is 18.9. The lowest BCUT2D eigenvalue weighted by molar-refractivity contribution is -0.128. The monoisotopic (exact) mass is 426 g/mol. The van der Waals surface area contributed by atoms with Crippen molar-refractivity contribution in [2.24, 2.45) is 5.92 Å². The third kappa shape index (κ3) is 4.77. The van der Waals surface area contributed by atoms with Crippen LogP contribution in [0.1, 0.15) is 44.2 Å². The smallest absolute Gasteiger partial charge is 0.335 e. The molecule has 32 heavy (non-hydrogen) atoms. The molecule has 1 atom stereocenters. The summed E-state index contributed by atoms with van der Waals surface area (Å²) >= 11 is 0. The molecule has 0 aliphatic heterocycles. The van der Waals surface area contributed by atoms with Crippen LogP contribution in [-0.4, -0.2) is 5.97 Å². The molecule has 1 unspecified atom stereocenters. The first-order chi connectivity index (χ1) is 15.6. The summed E-state index contributed by atoms with van der Waals surface area (Å²) in [6.07, 6.45) is 8.61. The van der Waals surface area contributed by atoms with E-state index < -0.39 is 5.97 Å². The lowest BCUT2D eigenvalue weighted by Crippen LogP contribution is -2.18. The highest BCUT2D eigenvalue weighted by atomic mass is 16.5. The average molecular weight is 427 g/mol. The molecule has 0 fully saturated rings. The number of ether oxygens (including phenoxy) is 2. The van der Waals surface area contributed by atoms with Gasteiger partial charge in [0.1, 0.15) is 17.2 Å². The summed E-state index contributed by atoms with van der Waals surface area (Å²) in [5.41, 5.74) is 3.60. The fourth-order valence-electron chi connectivity index (χ4n) is 4.53. The first-order valence-corrected chi connectivity index (χ1v) is 11.3. The van der Waals surface area contributed by atoms with Crippen LogP contribution in [0, 0.1) is 5.92 Å². The second-order valence-corrected chi connectivity index (χ2v) is 8.67. The standard InChI is InChI=1S/C29H30O3/c1-4-27(30)32-29-24-16-9-8-15-23(24)28(31-22-13-6-5-7-14-22)25-18-17-21(19-26(25)29)12-10-11-20(2)3/h4-9,11,13-16,21H,1,10,12,17-19H2,2-3H3. The highest BCUT2D eigenvalue weighted by Gasteiger charge is 2.28. The molecule has 0 heterocycles. The van der Waals surface area contributed by atoms with Crippen molar-refractivity contribution in [1.82, 2.24) is 0 Å². The second kappa shape index (κ2) is 9.86. The fraction of sp³-hybridized carbons (Fsp3) is 0.276. The van der Waals surface area contributed by atoms with Gasteiger partial charge in [-0.3, -0.25) is 0 Å². The Bertz CT molecular complexity index is 1150. The number of fused-ring (bicyclic) bond motifs is 2. The van der Waals surface area contributed by atoms with Gasteiger partial charge in [0.15, 0.2) is 0 Å². The number of para-hydroxylation sites is 1. The minimum Gasteiger partial charge on any atom is -0.456 e. The molecule has 0 saturated heterocycles. The van der Waals surface area contributed by atoms with Crippen LogP contribution < -0.4 is 9.47 Å². The van der Waals surface area contributed by atoms with Gasteiger partial charge in [0.2, 0.25) is 0 Å². The third-order valence-corrected chi connectivity index (χ3v) is 6.08. The topological polar surface area (TPSA) is 35.5 Å². The van der Waals surface area contributed by atoms with E-state index >= 15 is 0 Å². The van der Waals surface area contributed by atoms with Crippen molar-refractivity contribution >= 4 is 16.7 Å². The zero-order valence-corrected chi connectivity index (χ0v) is 18.9. The van der Waals surface area contributed by atoms with Gasteiger partial charge in [-0.15, -0.1) is 0 Å². The molecule has 0 aromatic heterocycles. The molecule has 3 nitrogen and oxygen atoms in total. The Hall–Kier alpha value is -3.33. The Labute approximate surface area is 190 Å². The molecule has 0 saturated carbocycles. The van der Waals surface area contributed by atoms with Crippen molar-refractivity contribution in [1.29, 1.82) is 0 Å². The maximum Gasteiger partial charge on any atom is 0.335 e. The van der Waals surface area contributed by atoms with Crippen molar-refractivity contribution in [2.45, 2.75) is 46.0 Å². The van der Waals surface area contributed by atoms with Crippen molar-refractivity contribution in [3.63, 3.8) is 0 Å². The van der Waals surface area contributed by atoms with Crippen LogP contribution >= 0.6 is 0 Å². The first kappa shape index (κ1) is 21.9. The highest BCUT2D eigenvalue weighted by molar-refractivity contribution is 5.98. The SMILES string of the molecule is C=CC(=O)Oc1c2c(c(Oc3ccccc3)c3ccccc13)CCC(CCC=C(C)C)C2. The lowest BCUT2D eigenvalue weighted by Gasteiger charge is -2.29. The minimum atomic E-state index is -0.430. The van der Waals surface area contributed by atoms with E-state index in [2.05, 4.69) is 26.5 Å². The molecular weight excluding hydrogens is 396 g/mol. The van der Waals surface area contributed by atoms with Gasteiger partial charge in [-0.25, -0.2) is 4.79 Å². The molecule has 1 aliphatic carbocycles. The number of rotatable bonds is 7. The zero-order chi connectivity index (χ0) is 22.5. The molecule has 164 valence electrons. The van der Waals surface area contributed by atoms with E-state index in [4.69, 9.17) is 9.47 Å². The molecule has 0 spiro atoms. The molecule has 3 aromatic carbocycles. The van der Waals surface area contributed by atoms with Crippen molar-refractivity contribution < 1.29 is 14.3 Å². The molecular formula is C29H30O3. The quantitative estimate of drug-likeness (QED) is 0.169. The lowest BCUT2D eigenvalue weighted by atomic mass is 9.79. The van der Waals surface area contributed by atoms with E-state index in [1.165, 1.54) is 11.6 Å². The van der Waals surface area contributed by atoms with Gasteiger partial charge in [0.25, 0.3) is 0 Å². The first-order valence-electron chi connectivity index (χ1n) is 11.3. The number of allylic oxidation sites excluding steroid dienone is 2. The van der Waals surface area contributed by atoms with E-state index in [1.54, 1.807) is 0 Å². The molecule has 0 radical (unpaired) electrons. The predicted molar refractivity (Wildman–Crippen MR) is 130 cm³/mol. The number of carbonyl (C=O) groups is 1. The summed E-state index contributed by atoms with van der Waals surface area (Å²) in [6, 6.07) is 17.9. The van der Waals surface area contributed by atoms with Crippen LogP contribution in [0.4, 0.5) is 0 Å². The molecule has 3 heteroatoms. The Morgan fingerprint density at radius 3 is 2.38 bits per heavy atom. The Morgan fingerprint density at radius 2 is 1.69 bits per heavy atom. The Balaban J connectivity index is 1.82. The molecule has 0 N–H and O–H groups in total. The predicted octanol–water partition coefficient (Wildman–Crippen LogP) is 7.57. The normalized spacial score (nSPS) is 15.0. The van der Waals surface area contributed by atoms with Crippen molar-refractivity contribution in [3.05, 3.63) is 90.0 Å². The van der Waals surface area contributed by atoms with Crippen LogP contribution in [0.3, 0.4) is 0 Å². The van der Waals surface area contributed by atoms with E-state index in [9.17, 15) is 4.79 Å².